The summed E-state index contributed by atoms with van der Waals surface area (Å²) in [5.74, 6) is 0. The number of hydrogen-bond acceptors (Lipinski definition) is 5. The highest BCUT2D eigenvalue weighted by atomic mass is 16.7. The zero-order valence-electron chi connectivity index (χ0n) is 12.8. The fourth-order valence-electron chi connectivity index (χ4n) is 2.53. The Morgan fingerprint density at radius 2 is 2.39 bits per heavy atom. The van der Waals surface area contributed by atoms with Crippen LogP contribution in [0.1, 0.15) is 43.7 Å². The predicted molar refractivity (Wildman–Crippen MR) is 83.8 cm³/mol. The lowest BCUT2D eigenvalue weighted by molar-refractivity contribution is -0.384. The summed E-state index contributed by atoms with van der Waals surface area (Å²) in [4.78, 5) is 13.2. The summed E-state index contributed by atoms with van der Waals surface area (Å²) in [5, 5.41) is 14.6. The summed E-state index contributed by atoms with van der Waals surface area (Å²) in [6, 6.07) is 5.76. The minimum atomic E-state index is -0.458. The van der Waals surface area contributed by atoms with Crippen molar-refractivity contribution in [2.45, 2.75) is 44.4 Å². The molecule has 8 heteroatoms. The number of hydrogen-bond donors (Lipinski definition) is 0. The van der Waals surface area contributed by atoms with Gasteiger partial charge in [0, 0.05) is 30.3 Å². The molecule has 0 aliphatic carbocycles. The molecular weight excluding hydrogens is 300 g/mol. The van der Waals surface area contributed by atoms with Gasteiger partial charge in [-0.05, 0) is 43.2 Å². The van der Waals surface area contributed by atoms with Crippen LogP contribution in [0.4, 0.5) is 5.69 Å². The maximum atomic E-state index is 10.8. The first-order valence-corrected chi connectivity index (χ1v) is 7.72. The summed E-state index contributed by atoms with van der Waals surface area (Å²) >= 11 is 0. The number of azide groups is 1. The normalized spacial score (nSPS) is 18.9. The van der Waals surface area contributed by atoms with E-state index in [0.29, 0.717) is 25.0 Å². The average Bonchev–Trinajstić information content (AvgIpc) is 2.58. The quantitative estimate of drug-likeness (QED) is 0.178. The van der Waals surface area contributed by atoms with E-state index in [1.54, 1.807) is 12.1 Å². The van der Waals surface area contributed by atoms with Gasteiger partial charge in [-0.15, -0.1) is 0 Å². The molecule has 0 spiro atoms. The Kier molecular flexibility index (Phi) is 6.80. The molecule has 0 amide bonds. The maximum Gasteiger partial charge on any atom is 0.269 e. The Hall–Kier alpha value is -2.15. The van der Waals surface area contributed by atoms with Crippen LogP contribution in [-0.2, 0) is 9.47 Å². The SMILES string of the molecule is [N-]=[N+]=NC(CCCOC1CCCCO1)c1cccc([N+](=O)[O-])c1. The topological polar surface area (TPSA) is 110 Å². The van der Waals surface area contributed by atoms with Crippen LogP contribution in [0, 0.1) is 10.1 Å². The largest absolute Gasteiger partial charge is 0.353 e. The number of nitro groups is 1. The van der Waals surface area contributed by atoms with Crippen molar-refractivity contribution in [3.05, 3.63) is 50.4 Å². The molecule has 2 rings (SSSR count). The van der Waals surface area contributed by atoms with Crippen molar-refractivity contribution in [2.24, 2.45) is 5.11 Å². The van der Waals surface area contributed by atoms with Crippen LogP contribution in [0.5, 0.6) is 0 Å². The van der Waals surface area contributed by atoms with E-state index in [4.69, 9.17) is 15.0 Å². The van der Waals surface area contributed by atoms with Crippen LogP contribution in [-0.4, -0.2) is 24.4 Å². The summed E-state index contributed by atoms with van der Waals surface area (Å²) in [6.45, 7) is 1.25. The fraction of sp³-hybridized carbons (Fsp3) is 0.600. The molecule has 1 aliphatic heterocycles. The Labute approximate surface area is 134 Å². The van der Waals surface area contributed by atoms with E-state index in [2.05, 4.69) is 10.0 Å². The minimum Gasteiger partial charge on any atom is -0.353 e. The Morgan fingerprint density at radius 3 is 3.09 bits per heavy atom. The van der Waals surface area contributed by atoms with Gasteiger partial charge in [-0.2, -0.15) is 0 Å². The molecule has 1 heterocycles. The zero-order valence-corrected chi connectivity index (χ0v) is 12.8. The zero-order chi connectivity index (χ0) is 16.5. The molecule has 1 aromatic rings. The highest BCUT2D eigenvalue weighted by molar-refractivity contribution is 5.35. The van der Waals surface area contributed by atoms with E-state index in [1.165, 1.54) is 12.1 Å². The molecule has 1 saturated heterocycles. The van der Waals surface area contributed by atoms with Gasteiger partial charge in [0.2, 0.25) is 0 Å². The third-order valence-electron chi connectivity index (χ3n) is 3.72. The van der Waals surface area contributed by atoms with Crippen molar-refractivity contribution in [1.29, 1.82) is 0 Å². The van der Waals surface area contributed by atoms with Crippen LogP contribution < -0.4 is 0 Å². The van der Waals surface area contributed by atoms with Gasteiger partial charge in [-0.1, -0.05) is 17.2 Å². The number of nitrogens with zero attached hydrogens (tertiary/aromatic N) is 4. The van der Waals surface area contributed by atoms with Crippen LogP contribution in [0.25, 0.3) is 10.4 Å². The highest BCUT2D eigenvalue weighted by Crippen LogP contribution is 2.26. The van der Waals surface area contributed by atoms with E-state index < -0.39 is 11.0 Å². The van der Waals surface area contributed by atoms with Gasteiger partial charge in [0.05, 0.1) is 11.0 Å². The number of non-ortho nitro benzene ring substituents is 1. The van der Waals surface area contributed by atoms with Crippen molar-refractivity contribution in [1.82, 2.24) is 0 Å². The van der Waals surface area contributed by atoms with Gasteiger partial charge in [0.1, 0.15) is 0 Å². The Bertz CT molecular complexity index is 568. The van der Waals surface area contributed by atoms with Crippen molar-refractivity contribution in [3.8, 4) is 0 Å². The molecule has 1 aromatic carbocycles. The molecule has 1 fully saturated rings. The Balaban J connectivity index is 1.87. The van der Waals surface area contributed by atoms with Crippen LogP contribution in [0.3, 0.4) is 0 Å². The molecule has 1 aliphatic rings. The first-order valence-electron chi connectivity index (χ1n) is 7.72. The van der Waals surface area contributed by atoms with Gasteiger partial charge in [0.15, 0.2) is 6.29 Å². The van der Waals surface area contributed by atoms with E-state index >= 15 is 0 Å². The van der Waals surface area contributed by atoms with Crippen molar-refractivity contribution < 1.29 is 14.4 Å². The van der Waals surface area contributed by atoms with E-state index in [0.717, 1.165) is 25.9 Å². The monoisotopic (exact) mass is 320 g/mol. The van der Waals surface area contributed by atoms with Crippen LogP contribution in [0.2, 0.25) is 0 Å². The molecule has 0 bridgehead atoms. The molecule has 0 radical (unpaired) electrons. The summed E-state index contributed by atoms with van der Waals surface area (Å²) in [5.41, 5.74) is 9.35. The molecule has 0 saturated carbocycles. The van der Waals surface area contributed by atoms with Crippen molar-refractivity contribution >= 4 is 5.69 Å². The lowest BCUT2D eigenvalue weighted by Gasteiger charge is -2.22. The number of nitro benzene ring substituents is 1. The van der Waals surface area contributed by atoms with E-state index in [-0.39, 0.29) is 12.0 Å². The molecule has 2 atom stereocenters. The molecule has 0 N–H and O–H groups in total. The fourth-order valence-corrected chi connectivity index (χ4v) is 2.53. The molecule has 23 heavy (non-hydrogen) atoms. The maximum absolute atomic E-state index is 10.8. The van der Waals surface area contributed by atoms with E-state index in [1.807, 2.05) is 0 Å². The summed E-state index contributed by atoms with van der Waals surface area (Å²) < 4.78 is 11.1. The average molecular weight is 320 g/mol. The number of benzene rings is 1. The molecule has 8 nitrogen and oxygen atoms in total. The van der Waals surface area contributed by atoms with Gasteiger partial charge in [-0.25, -0.2) is 0 Å². The second-order valence-corrected chi connectivity index (χ2v) is 5.38. The standard InChI is InChI=1S/C15H20N4O4/c16-18-17-14(12-5-3-6-13(11-12)19(20)21)7-4-10-23-15-8-1-2-9-22-15/h3,5-6,11,14-15H,1-2,4,7-10H2. The summed E-state index contributed by atoms with van der Waals surface area (Å²) in [7, 11) is 0. The van der Waals surface area contributed by atoms with Crippen LogP contribution in [0.15, 0.2) is 29.4 Å². The molecule has 2 unspecified atom stereocenters. The second kappa shape index (κ2) is 9.09. The third kappa shape index (κ3) is 5.52. The highest BCUT2D eigenvalue weighted by Gasteiger charge is 2.16. The summed E-state index contributed by atoms with van der Waals surface area (Å²) in [6.07, 6.45) is 4.21. The lowest BCUT2D eigenvalue weighted by atomic mass is 10.0. The number of rotatable bonds is 8. The van der Waals surface area contributed by atoms with Gasteiger partial charge in [-0.3, -0.25) is 10.1 Å². The van der Waals surface area contributed by atoms with Crippen molar-refractivity contribution in [3.63, 3.8) is 0 Å². The predicted octanol–water partition coefficient (Wildman–Crippen LogP) is 4.27. The lowest BCUT2D eigenvalue weighted by Crippen LogP contribution is -2.22. The number of ether oxygens (including phenoxy) is 2. The smallest absolute Gasteiger partial charge is 0.269 e. The first-order chi connectivity index (χ1) is 11.2. The molecule has 0 aromatic heterocycles. The Morgan fingerprint density at radius 1 is 1.52 bits per heavy atom. The van der Waals surface area contributed by atoms with Crippen molar-refractivity contribution in [2.75, 3.05) is 13.2 Å². The third-order valence-corrected chi connectivity index (χ3v) is 3.72. The second-order valence-electron chi connectivity index (χ2n) is 5.38. The van der Waals surface area contributed by atoms with Gasteiger partial charge >= 0.3 is 0 Å². The van der Waals surface area contributed by atoms with Gasteiger partial charge < -0.3 is 9.47 Å². The van der Waals surface area contributed by atoms with E-state index in [9.17, 15) is 10.1 Å². The van der Waals surface area contributed by atoms with Crippen LogP contribution >= 0.6 is 0 Å². The first kappa shape index (κ1) is 17.2. The molecule has 124 valence electrons. The molecular formula is C15H20N4O4. The van der Waals surface area contributed by atoms with Gasteiger partial charge in [0.25, 0.3) is 5.69 Å². The minimum absolute atomic E-state index is 0.00695.